The molecule has 1 aliphatic heterocycles. The van der Waals surface area contributed by atoms with Crippen molar-refractivity contribution in [3.63, 3.8) is 0 Å². The number of ether oxygens (including phenoxy) is 2. The minimum absolute atomic E-state index is 0.0883. The molecule has 1 heterocycles. The summed E-state index contributed by atoms with van der Waals surface area (Å²) in [4.78, 5) is 38.1. The van der Waals surface area contributed by atoms with Gasteiger partial charge in [-0.1, -0.05) is 30.3 Å². The number of carbonyl (C=O) groups excluding carboxylic acids is 3. The van der Waals surface area contributed by atoms with E-state index in [4.69, 9.17) is 9.47 Å². The van der Waals surface area contributed by atoms with Crippen LogP contribution in [-0.2, 0) is 25.7 Å². The fraction of sp³-hybridized carbons (Fsp3) is 0.318. The van der Waals surface area contributed by atoms with Crippen LogP contribution in [0.15, 0.2) is 54.6 Å². The third-order valence-corrected chi connectivity index (χ3v) is 4.56. The molecule has 29 heavy (non-hydrogen) atoms. The van der Waals surface area contributed by atoms with E-state index >= 15 is 0 Å². The second-order valence-corrected chi connectivity index (χ2v) is 6.77. The van der Waals surface area contributed by atoms with Crippen LogP contribution in [0.4, 0.5) is 5.69 Å². The maximum absolute atomic E-state index is 12.3. The molecule has 1 aliphatic rings. The van der Waals surface area contributed by atoms with Gasteiger partial charge in [0.2, 0.25) is 5.91 Å². The molecular formula is C22H24N2O5. The number of likely N-dealkylation sites (tertiary alicyclic amines) is 1. The molecule has 2 aromatic rings. The van der Waals surface area contributed by atoms with Crippen LogP contribution in [0, 0.1) is 5.92 Å². The van der Waals surface area contributed by atoms with Gasteiger partial charge in [-0.05, 0) is 36.8 Å². The minimum atomic E-state index is -0.551. The van der Waals surface area contributed by atoms with Crippen molar-refractivity contribution in [1.82, 2.24) is 4.90 Å². The number of hydrogen-bond donors (Lipinski definition) is 1. The van der Waals surface area contributed by atoms with Gasteiger partial charge in [-0.2, -0.15) is 0 Å². The van der Waals surface area contributed by atoms with Gasteiger partial charge in [-0.25, -0.2) is 0 Å². The molecule has 0 saturated carbocycles. The van der Waals surface area contributed by atoms with E-state index in [0.29, 0.717) is 31.1 Å². The molecule has 3 rings (SSSR count). The first kappa shape index (κ1) is 20.4. The summed E-state index contributed by atoms with van der Waals surface area (Å²) in [6.45, 7) is 2.82. The van der Waals surface area contributed by atoms with Gasteiger partial charge in [0.15, 0.2) is 6.61 Å². The predicted molar refractivity (Wildman–Crippen MR) is 107 cm³/mol. The normalized spacial score (nSPS) is 15.8. The van der Waals surface area contributed by atoms with E-state index in [1.807, 2.05) is 37.3 Å². The lowest BCUT2D eigenvalue weighted by Crippen LogP contribution is -2.28. The van der Waals surface area contributed by atoms with Gasteiger partial charge >= 0.3 is 5.97 Å². The van der Waals surface area contributed by atoms with Gasteiger partial charge in [0.25, 0.3) is 5.91 Å². The van der Waals surface area contributed by atoms with Crippen molar-refractivity contribution in [2.45, 2.75) is 19.9 Å². The van der Waals surface area contributed by atoms with Crippen LogP contribution in [-0.4, -0.2) is 42.4 Å². The minimum Gasteiger partial charge on any atom is -0.494 e. The molecule has 2 amide bonds. The number of hydrogen-bond acceptors (Lipinski definition) is 5. The van der Waals surface area contributed by atoms with Gasteiger partial charge in [0.1, 0.15) is 5.75 Å². The van der Waals surface area contributed by atoms with E-state index in [-0.39, 0.29) is 12.3 Å². The Morgan fingerprint density at radius 2 is 1.83 bits per heavy atom. The first-order valence-electron chi connectivity index (χ1n) is 9.56. The van der Waals surface area contributed by atoms with Crippen molar-refractivity contribution < 1.29 is 23.9 Å². The Balaban J connectivity index is 1.44. The molecule has 7 nitrogen and oxygen atoms in total. The zero-order valence-electron chi connectivity index (χ0n) is 16.3. The standard InChI is InChI=1S/C22H24N2O5/c1-2-28-19-10-8-18(9-11-19)23-20(25)15-29-22(27)17-12-21(26)24(14-17)13-16-6-4-3-5-7-16/h3-11,17H,2,12-15H2,1H3,(H,23,25)/t17-/m0/s1. The zero-order chi connectivity index (χ0) is 20.6. The Bertz CT molecular complexity index is 851. The monoisotopic (exact) mass is 396 g/mol. The highest BCUT2D eigenvalue weighted by atomic mass is 16.5. The average molecular weight is 396 g/mol. The fourth-order valence-electron chi connectivity index (χ4n) is 3.14. The van der Waals surface area contributed by atoms with Crippen LogP contribution >= 0.6 is 0 Å². The Morgan fingerprint density at radius 3 is 2.52 bits per heavy atom. The lowest BCUT2D eigenvalue weighted by atomic mass is 10.1. The SMILES string of the molecule is CCOc1ccc(NC(=O)COC(=O)[C@H]2CC(=O)N(Cc3ccccc3)C2)cc1. The number of nitrogens with one attached hydrogen (secondary N) is 1. The van der Waals surface area contributed by atoms with E-state index in [2.05, 4.69) is 5.32 Å². The number of benzene rings is 2. The molecule has 7 heteroatoms. The second-order valence-electron chi connectivity index (χ2n) is 6.77. The van der Waals surface area contributed by atoms with Crippen molar-refractivity contribution in [2.24, 2.45) is 5.92 Å². The van der Waals surface area contributed by atoms with Crippen molar-refractivity contribution >= 4 is 23.5 Å². The molecule has 0 radical (unpaired) electrons. The maximum Gasteiger partial charge on any atom is 0.311 e. The lowest BCUT2D eigenvalue weighted by Gasteiger charge is -2.16. The zero-order valence-corrected chi connectivity index (χ0v) is 16.3. The van der Waals surface area contributed by atoms with Crippen molar-refractivity contribution in [3.05, 3.63) is 60.2 Å². The summed E-state index contributed by atoms with van der Waals surface area (Å²) in [6, 6.07) is 16.5. The van der Waals surface area contributed by atoms with E-state index in [1.54, 1.807) is 29.2 Å². The molecule has 1 atom stereocenters. The van der Waals surface area contributed by atoms with E-state index in [9.17, 15) is 14.4 Å². The third-order valence-electron chi connectivity index (χ3n) is 4.56. The summed E-state index contributed by atoms with van der Waals surface area (Å²) >= 11 is 0. The molecule has 1 saturated heterocycles. The number of nitrogens with zero attached hydrogens (tertiary/aromatic N) is 1. The second kappa shape index (κ2) is 9.73. The number of carbonyl (C=O) groups is 3. The number of amides is 2. The summed E-state index contributed by atoms with van der Waals surface area (Å²) in [6.07, 6.45) is 0.103. The average Bonchev–Trinajstić information content (AvgIpc) is 3.09. The summed E-state index contributed by atoms with van der Waals surface area (Å²) in [5.41, 5.74) is 1.59. The quantitative estimate of drug-likeness (QED) is 0.694. The van der Waals surface area contributed by atoms with Gasteiger partial charge < -0.3 is 19.7 Å². The first-order valence-corrected chi connectivity index (χ1v) is 9.56. The molecule has 0 aromatic heterocycles. The molecule has 0 bridgehead atoms. The van der Waals surface area contributed by atoms with E-state index < -0.39 is 24.4 Å². The summed E-state index contributed by atoms with van der Waals surface area (Å²) < 4.78 is 10.5. The smallest absolute Gasteiger partial charge is 0.311 e. The lowest BCUT2D eigenvalue weighted by molar-refractivity contribution is -0.151. The summed E-state index contributed by atoms with van der Waals surface area (Å²) in [5.74, 6) is -0.897. The van der Waals surface area contributed by atoms with Crippen molar-refractivity contribution in [1.29, 1.82) is 0 Å². The van der Waals surface area contributed by atoms with Crippen LogP contribution in [0.1, 0.15) is 18.9 Å². The number of esters is 1. The van der Waals surface area contributed by atoms with Crippen LogP contribution in [0.2, 0.25) is 0 Å². The van der Waals surface area contributed by atoms with Gasteiger partial charge in [0.05, 0.1) is 12.5 Å². The molecule has 0 spiro atoms. The van der Waals surface area contributed by atoms with Gasteiger partial charge in [-0.15, -0.1) is 0 Å². The van der Waals surface area contributed by atoms with Crippen LogP contribution in [0.3, 0.4) is 0 Å². The summed E-state index contributed by atoms with van der Waals surface area (Å²) in [7, 11) is 0. The fourth-order valence-corrected chi connectivity index (χ4v) is 3.14. The van der Waals surface area contributed by atoms with Gasteiger partial charge in [-0.3, -0.25) is 14.4 Å². The molecule has 1 N–H and O–H groups in total. The van der Waals surface area contributed by atoms with E-state index in [0.717, 1.165) is 5.56 Å². The topological polar surface area (TPSA) is 84.9 Å². The molecular weight excluding hydrogens is 372 g/mol. The molecule has 152 valence electrons. The van der Waals surface area contributed by atoms with Crippen molar-refractivity contribution in [3.8, 4) is 5.75 Å². The first-order chi connectivity index (χ1) is 14.0. The van der Waals surface area contributed by atoms with Crippen LogP contribution < -0.4 is 10.1 Å². The van der Waals surface area contributed by atoms with Gasteiger partial charge in [0, 0.05) is 25.2 Å². The number of anilines is 1. The molecule has 1 fully saturated rings. The molecule has 2 aromatic carbocycles. The maximum atomic E-state index is 12.3. The Morgan fingerprint density at radius 1 is 1.10 bits per heavy atom. The third kappa shape index (κ3) is 5.81. The largest absolute Gasteiger partial charge is 0.494 e. The Kier molecular flexibility index (Phi) is 6.84. The van der Waals surface area contributed by atoms with Crippen LogP contribution in [0.25, 0.3) is 0 Å². The predicted octanol–water partition coefficient (Wildman–Crippen LogP) is 2.62. The Labute approximate surface area is 169 Å². The van der Waals surface area contributed by atoms with E-state index in [1.165, 1.54) is 0 Å². The molecule has 0 aliphatic carbocycles. The van der Waals surface area contributed by atoms with Crippen LogP contribution in [0.5, 0.6) is 5.75 Å². The highest BCUT2D eigenvalue weighted by molar-refractivity contribution is 5.93. The summed E-state index contributed by atoms with van der Waals surface area (Å²) in [5, 5.41) is 2.66. The number of rotatable bonds is 8. The van der Waals surface area contributed by atoms with Crippen molar-refractivity contribution in [2.75, 3.05) is 25.1 Å². The Hall–Kier alpha value is -3.35. The highest BCUT2D eigenvalue weighted by Gasteiger charge is 2.35. The molecule has 0 unspecified atom stereocenters. The highest BCUT2D eigenvalue weighted by Crippen LogP contribution is 2.21.